The molecule has 2 aliphatic rings. The summed E-state index contributed by atoms with van der Waals surface area (Å²) in [4.78, 5) is 16.8. The van der Waals surface area contributed by atoms with E-state index in [-0.39, 0.29) is 35.5 Å². The van der Waals surface area contributed by atoms with E-state index in [1.165, 1.54) is 24.6 Å². The maximum Gasteiger partial charge on any atom is 0.256 e. The van der Waals surface area contributed by atoms with Crippen LogP contribution in [0.3, 0.4) is 0 Å². The fourth-order valence-corrected chi connectivity index (χ4v) is 4.71. The number of benzene rings is 2. The highest BCUT2D eigenvalue weighted by atomic mass is 35.5. The van der Waals surface area contributed by atoms with Crippen LogP contribution in [0.1, 0.15) is 27.5 Å². The van der Waals surface area contributed by atoms with Gasteiger partial charge in [-0.15, -0.1) is 12.4 Å². The Morgan fingerprint density at radius 3 is 2.38 bits per heavy atom. The van der Waals surface area contributed by atoms with Gasteiger partial charge in [-0.1, -0.05) is 18.2 Å². The van der Waals surface area contributed by atoms with Gasteiger partial charge in [-0.3, -0.25) is 9.69 Å². The van der Waals surface area contributed by atoms with Crippen molar-refractivity contribution in [2.24, 2.45) is 11.8 Å². The van der Waals surface area contributed by atoms with Crippen LogP contribution in [-0.4, -0.2) is 49.5 Å². The van der Waals surface area contributed by atoms with E-state index in [1.54, 1.807) is 12.0 Å². The van der Waals surface area contributed by atoms with Crippen LogP contribution in [0.4, 0.5) is 8.78 Å². The normalized spacial score (nSPS) is 23.6. The molecular formula is C22H25ClF2N2O2. The number of rotatable bonds is 3. The Kier molecular flexibility index (Phi) is 6.15. The van der Waals surface area contributed by atoms with Crippen molar-refractivity contribution >= 4 is 18.3 Å². The third kappa shape index (κ3) is 3.71. The van der Waals surface area contributed by atoms with Crippen molar-refractivity contribution < 1.29 is 18.3 Å². The first-order valence-electron chi connectivity index (χ1n) is 9.48. The maximum atomic E-state index is 14.3. The van der Waals surface area contributed by atoms with Gasteiger partial charge in [0.05, 0.1) is 12.7 Å². The highest BCUT2D eigenvalue weighted by Crippen LogP contribution is 2.44. The van der Waals surface area contributed by atoms with E-state index in [0.717, 1.165) is 12.3 Å². The number of methoxy groups -OCH3 is 1. The molecule has 4 nitrogen and oxygen atoms in total. The monoisotopic (exact) mass is 422 g/mol. The minimum absolute atomic E-state index is 0. The quantitative estimate of drug-likeness (QED) is 0.747. The van der Waals surface area contributed by atoms with Crippen LogP contribution in [-0.2, 0) is 0 Å². The van der Waals surface area contributed by atoms with Crippen LogP contribution < -0.4 is 4.74 Å². The molecule has 2 saturated heterocycles. The van der Waals surface area contributed by atoms with E-state index in [1.807, 2.05) is 12.1 Å². The lowest BCUT2D eigenvalue weighted by Crippen LogP contribution is -2.34. The smallest absolute Gasteiger partial charge is 0.256 e. The number of hydrogen-bond donors (Lipinski definition) is 0. The third-order valence-corrected chi connectivity index (χ3v) is 6.14. The van der Waals surface area contributed by atoms with Gasteiger partial charge in [0.2, 0.25) is 0 Å². The highest BCUT2D eigenvalue weighted by molar-refractivity contribution is 5.94. The fraction of sp³-hybridized carbons (Fsp3) is 0.409. The van der Waals surface area contributed by atoms with Gasteiger partial charge in [-0.05, 0) is 49.2 Å². The molecule has 0 aromatic heterocycles. The predicted molar refractivity (Wildman–Crippen MR) is 110 cm³/mol. The van der Waals surface area contributed by atoms with Gasteiger partial charge in [0, 0.05) is 31.6 Å². The summed E-state index contributed by atoms with van der Waals surface area (Å²) in [5.41, 5.74) is 1.20. The molecule has 29 heavy (non-hydrogen) atoms. The summed E-state index contributed by atoms with van der Waals surface area (Å²) < 4.78 is 33.4. The number of nitrogens with zero attached hydrogens (tertiary/aromatic N) is 2. The largest absolute Gasteiger partial charge is 0.497 e. The minimum Gasteiger partial charge on any atom is -0.497 e. The Hall–Kier alpha value is -2.18. The summed E-state index contributed by atoms with van der Waals surface area (Å²) in [6.07, 6.45) is 0. The zero-order valence-electron chi connectivity index (χ0n) is 16.7. The molecule has 0 bridgehead atoms. The van der Waals surface area contributed by atoms with Crippen LogP contribution in [0.2, 0.25) is 0 Å². The number of aryl methyl sites for hydroxylation is 1. The number of likely N-dealkylation sites (tertiary alicyclic amines) is 2. The number of hydrogen-bond acceptors (Lipinski definition) is 3. The summed E-state index contributed by atoms with van der Waals surface area (Å²) in [5, 5.41) is 0. The molecule has 2 heterocycles. The number of carbonyl (C=O) groups is 1. The number of halogens is 3. The molecule has 0 unspecified atom stereocenters. The Morgan fingerprint density at radius 2 is 1.72 bits per heavy atom. The second kappa shape index (κ2) is 8.28. The van der Waals surface area contributed by atoms with Crippen LogP contribution in [0.15, 0.2) is 36.4 Å². The van der Waals surface area contributed by atoms with E-state index in [2.05, 4.69) is 24.1 Å². The first-order chi connectivity index (χ1) is 13.4. The summed E-state index contributed by atoms with van der Waals surface area (Å²) in [6.45, 7) is 3.47. The van der Waals surface area contributed by atoms with Gasteiger partial charge < -0.3 is 9.64 Å². The highest BCUT2D eigenvalue weighted by Gasteiger charge is 2.47. The first-order valence-corrected chi connectivity index (χ1v) is 9.48. The molecule has 0 radical (unpaired) electrons. The molecular weight excluding hydrogens is 398 g/mol. The molecule has 156 valence electrons. The minimum atomic E-state index is -1.05. The molecule has 7 heteroatoms. The number of fused-ring (bicyclic) bond motifs is 1. The standard InChI is InChI=1S/C22H24F2N2O2.ClH/c1-13-4-9-17(20(24)19(13)23)22(27)26-11-15-10-25(2)21(18(15)12-26)14-5-7-16(28-3)8-6-14;/h4-9,15,18,21H,10-12H2,1-3H3;1H/t15-,18+,21+;/m0./s1. The number of amides is 1. The average molecular weight is 423 g/mol. The lowest BCUT2D eigenvalue weighted by atomic mass is 9.89. The summed E-state index contributed by atoms with van der Waals surface area (Å²) >= 11 is 0. The van der Waals surface area contributed by atoms with Gasteiger partial charge in [-0.2, -0.15) is 0 Å². The number of ether oxygens (including phenoxy) is 1. The van der Waals surface area contributed by atoms with Crippen LogP contribution in [0.25, 0.3) is 0 Å². The van der Waals surface area contributed by atoms with Gasteiger partial charge >= 0.3 is 0 Å². The molecule has 2 aliphatic heterocycles. The van der Waals surface area contributed by atoms with E-state index in [9.17, 15) is 13.6 Å². The maximum absolute atomic E-state index is 14.3. The molecule has 3 atom stereocenters. The molecule has 0 aliphatic carbocycles. The van der Waals surface area contributed by atoms with E-state index in [0.29, 0.717) is 19.0 Å². The molecule has 1 amide bonds. The van der Waals surface area contributed by atoms with Crippen molar-refractivity contribution in [1.29, 1.82) is 0 Å². The third-order valence-electron chi connectivity index (χ3n) is 6.14. The Labute approximate surface area is 175 Å². The summed E-state index contributed by atoms with van der Waals surface area (Å²) in [6, 6.07) is 11.0. The molecule has 4 rings (SSSR count). The fourth-order valence-electron chi connectivity index (χ4n) is 4.71. The molecule has 0 N–H and O–H groups in total. The van der Waals surface area contributed by atoms with Crippen molar-refractivity contribution in [3.8, 4) is 5.75 Å². The first kappa shape index (κ1) is 21.5. The molecule has 0 spiro atoms. The molecule has 2 fully saturated rings. The zero-order chi connectivity index (χ0) is 20.0. The zero-order valence-corrected chi connectivity index (χ0v) is 17.5. The SMILES string of the molecule is COc1ccc([C@@H]2[C@@H]3CN(C(=O)c4ccc(C)c(F)c4F)C[C@@H]3CN2C)cc1.Cl. The average Bonchev–Trinajstić information content (AvgIpc) is 3.22. The topological polar surface area (TPSA) is 32.8 Å². The van der Waals surface area contributed by atoms with Crippen LogP contribution >= 0.6 is 12.4 Å². The summed E-state index contributed by atoms with van der Waals surface area (Å²) in [5.74, 6) is -1.03. The van der Waals surface area contributed by atoms with E-state index in [4.69, 9.17) is 4.74 Å². The second-order valence-electron chi connectivity index (χ2n) is 7.85. The van der Waals surface area contributed by atoms with Crippen molar-refractivity contribution in [1.82, 2.24) is 9.80 Å². The predicted octanol–water partition coefficient (Wildman–Crippen LogP) is 4.08. The lowest BCUT2D eigenvalue weighted by Gasteiger charge is -2.27. The second-order valence-corrected chi connectivity index (χ2v) is 7.85. The molecule has 2 aromatic carbocycles. The Morgan fingerprint density at radius 1 is 1.03 bits per heavy atom. The Balaban J connectivity index is 0.00000240. The number of carbonyl (C=O) groups excluding carboxylic acids is 1. The Bertz CT molecular complexity index is 906. The van der Waals surface area contributed by atoms with Gasteiger partial charge in [0.1, 0.15) is 5.75 Å². The molecule has 2 aromatic rings. The van der Waals surface area contributed by atoms with Gasteiger partial charge in [0.15, 0.2) is 11.6 Å². The van der Waals surface area contributed by atoms with Crippen molar-refractivity contribution in [2.75, 3.05) is 33.8 Å². The molecule has 0 saturated carbocycles. The van der Waals surface area contributed by atoms with Gasteiger partial charge in [0.25, 0.3) is 5.91 Å². The van der Waals surface area contributed by atoms with E-state index < -0.39 is 17.5 Å². The van der Waals surface area contributed by atoms with Crippen LogP contribution in [0, 0.1) is 30.4 Å². The summed E-state index contributed by atoms with van der Waals surface area (Å²) in [7, 11) is 3.73. The van der Waals surface area contributed by atoms with Crippen LogP contribution in [0.5, 0.6) is 5.75 Å². The van der Waals surface area contributed by atoms with Crippen molar-refractivity contribution in [2.45, 2.75) is 13.0 Å². The van der Waals surface area contributed by atoms with Crippen molar-refractivity contribution in [3.63, 3.8) is 0 Å². The van der Waals surface area contributed by atoms with E-state index >= 15 is 0 Å². The lowest BCUT2D eigenvalue weighted by molar-refractivity contribution is 0.0762. The van der Waals surface area contributed by atoms with Crippen molar-refractivity contribution in [3.05, 3.63) is 64.7 Å². The van der Waals surface area contributed by atoms with Gasteiger partial charge in [-0.25, -0.2) is 8.78 Å².